The average molecular weight is 444 g/mol. The molecule has 6 nitrogen and oxygen atoms in total. The van der Waals surface area contributed by atoms with Gasteiger partial charge < -0.3 is 10.1 Å². The van der Waals surface area contributed by atoms with E-state index in [2.05, 4.69) is 22.8 Å². The number of hydrogen-bond acceptors (Lipinski definition) is 4. The van der Waals surface area contributed by atoms with E-state index in [1.54, 1.807) is 36.5 Å². The number of benzene rings is 3. The third-order valence-corrected chi connectivity index (χ3v) is 5.07. The summed E-state index contributed by atoms with van der Waals surface area (Å²) in [5.74, 6) is 0.299. The zero-order chi connectivity index (χ0) is 23.5. The Morgan fingerprint density at radius 1 is 0.909 bits per heavy atom. The van der Waals surface area contributed by atoms with Crippen molar-refractivity contribution in [1.29, 1.82) is 0 Å². The van der Waals surface area contributed by atoms with Gasteiger partial charge in [-0.3, -0.25) is 9.59 Å². The van der Waals surface area contributed by atoms with Crippen LogP contribution in [-0.4, -0.2) is 24.6 Å². The van der Waals surface area contributed by atoms with Gasteiger partial charge in [0.25, 0.3) is 11.8 Å². The normalized spacial score (nSPS) is 10.7. The molecule has 0 aliphatic rings. The summed E-state index contributed by atoms with van der Waals surface area (Å²) >= 11 is 0. The van der Waals surface area contributed by atoms with Crippen molar-refractivity contribution < 1.29 is 14.3 Å². The average Bonchev–Trinajstić information content (AvgIpc) is 2.83. The van der Waals surface area contributed by atoms with Crippen LogP contribution in [-0.2, 0) is 0 Å². The maximum absolute atomic E-state index is 12.4. The first-order valence-corrected chi connectivity index (χ1v) is 11.1. The van der Waals surface area contributed by atoms with E-state index in [1.807, 2.05) is 49.4 Å². The number of aryl methyl sites for hydroxylation is 1. The zero-order valence-corrected chi connectivity index (χ0v) is 19.0. The van der Waals surface area contributed by atoms with Crippen LogP contribution in [0.2, 0.25) is 0 Å². The van der Waals surface area contributed by atoms with E-state index >= 15 is 0 Å². The number of nitrogens with one attached hydrogen (secondary N) is 2. The minimum atomic E-state index is -0.334. The SMILES string of the molecule is CCCCCOc1ccc(C=NNC(=O)c2ccc(NC(=O)c3ccccc3C)cc2)cc1. The molecule has 0 spiro atoms. The summed E-state index contributed by atoms with van der Waals surface area (Å²) in [7, 11) is 0. The van der Waals surface area contributed by atoms with E-state index in [4.69, 9.17) is 4.74 Å². The lowest BCUT2D eigenvalue weighted by Gasteiger charge is -2.08. The van der Waals surface area contributed by atoms with Crippen molar-refractivity contribution in [2.75, 3.05) is 11.9 Å². The first-order valence-electron chi connectivity index (χ1n) is 11.1. The number of carbonyl (C=O) groups is 2. The third kappa shape index (κ3) is 7.31. The first-order chi connectivity index (χ1) is 16.1. The fraction of sp³-hybridized carbons (Fsp3) is 0.222. The molecule has 2 N–H and O–H groups in total. The summed E-state index contributed by atoms with van der Waals surface area (Å²) in [6.07, 6.45) is 4.95. The monoisotopic (exact) mass is 443 g/mol. The molecule has 0 atom stereocenters. The molecule has 0 fully saturated rings. The second kappa shape index (κ2) is 12.2. The summed E-state index contributed by atoms with van der Waals surface area (Å²) in [6, 6.07) is 21.6. The minimum Gasteiger partial charge on any atom is -0.494 e. The molecular formula is C27H29N3O3. The summed E-state index contributed by atoms with van der Waals surface area (Å²) in [4.78, 5) is 24.7. The van der Waals surface area contributed by atoms with Crippen LogP contribution in [0, 0.1) is 6.92 Å². The third-order valence-electron chi connectivity index (χ3n) is 5.07. The van der Waals surface area contributed by atoms with Crippen LogP contribution in [0.15, 0.2) is 77.9 Å². The van der Waals surface area contributed by atoms with E-state index < -0.39 is 0 Å². The van der Waals surface area contributed by atoms with E-state index in [0.717, 1.165) is 29.7 Å². The molecule has 0 bridgehead atoms. The van der Waals surface area contributed by atoms with Crippen molar-refractivity contribution in [2.24, 2.45) is 5.10 Å². The smallest absolute Gasteiger partial charge is 0.271 e. The van der Waals surface area contributed by atoms with Gasteiger partial charge in [0.1, 0.15) is 5.75 Å². The summed E-state index contributed by atoms with van der Waals surface area (Å²) < 4.78 is 5.69. The quantitative estimate of drug-likeness (QED) is 0.244. The van der Waals surface area contributed by atoms with Gasteiger partial charge >= 0.3 is 0 Å². The number of rotatable bonds is 10. The molecule has 3 aromatic carbocycles. The Morgan fingerprint density at radius 2 is 1.64 bits per heavy atom. The van der Waals surface area contributed by atoms with Crippen LogP contribution < -0.4 is 15.5 Å². The Balaban J connectivity index is 1.49. The van der Waals surface area contributed by atoms with Gasteiger partial charge in [0.15, 0.2) is 0 Å². The maximum Gasteiger partial charge on any atom is 0.271 e. The highest BCUT2D eigenvalue weighted by Gasteiger charge is 2.09. The number of nitrogens with zero attached hydrogens (tertiary/aromatic N) is 1. The molecule has 0 saturated heterocycles. The van der Waals surface area contributed by atoms with Gasteiger partial charge in [-0.2, -0.15) is 5.10 Å². The largest absolute Gasteiger partial charge is 0.494 e. The highest BCUT2D eigenvalue weighted by Crippen LogP contribution is 2.14. The fourth-order valence-corrected chi connectivity index (χ4v) is 3.15. The Kier molecular flexibility index (Phi) is 8.77. The van der Waals surface area contributed by atoms with Gasteiger partial charge in [0.05, 0.1) is 12.8 Å². The van der Waals surface area contributed by atoms with Gasteiger partial charge in [-0.05, 0) is 79.1 Å². The molecule has 0 saturated carbocycles. The molecule has 2 amide bonds. The highest BCUT2D eigenvalue weighted by atomic mass is 16.5. The number of hydrazone groups is 1. The standard InChI is InChI=1S/C27H29N3O3/c1-3-4-7-18-33-24-16-10-21(11-17-24)19-28-30-26(31)22-12-14-23(15-13-22)29-27(32)25-9-6-5-8-20(25)2/h5-6,8-17,19H,3-4,7,18H2,1-2H3,(H,29,32)(H,30,31). The lowest BCUT2D eigenvalue weighted by Crippen LogP contribution is -2.18. The summed E-state index contributed by atoms with van der Waals surface area (Å²) in [5, 5.41) is 6.86. The van der Waals surface area contributed by atoms with E-state index in [0.29, 0.717) is 23.4 Å². The highest BCUT2D eigenvalue weighted by molar-refractivity contribution is 6.05. The predicted molar refractivity (Wildman–Crippen MR) is 132 cm³/mol. The second-order valence-electron chi connectivity index (χ2n) is 7.67. The molecule has 3 rings (SSSR count). The lowest BCUT2D eigenvalue weighted by molar-refractivity contribution is 0.0954. The van der Waals surface area contributed by atoms with Crippen molar-refractivity contribution in [2.45, 2.75) is 33.1 Å². The lowest BCUT2D eigenvalue weighted by atomic mass is 10.1. The van der Waals surface area contributed by atoms with Gasteiger partial charge in [-0.1, -0.05) is 38.0 Å². The van der Waals surface area contributed by atoms with E-state index in [-0.39, 0.29) is 11.8 Å². The molecule has 0 aromatic heterocycles. The Morgan fingerprint density at radius 3 is 2.33 bits per heavy atom. The van der Waals surface area contributed by atoms with Crippen LogP contribution in [0.3, 0.4) is 0 Å². The van der Waals surface area contributed by atoms with Crippen molar-refractivity contribution in [1.82, 2.24) is 5.43 Å². The Hall–Kier alpha value is -3.93. The second-order valence-corrected chi connectivity index (χ2v) is 7.67. The van der Waals surface area contributed by atoms with Gasteiger partial charge in [-0.15, -0.1) is 0 Å². The topological polar surface area (TPSA) is 79.8 Å². The molecular weight excluding hydrogens is 414 g/mol. The number of unbranched alkanes of at least 4 members (excludes halogenated alkanes) is 2. The first kappa shape index (κ1) is 23.7. The molecule has 0 radical (unpaired) electrons. The van der Waals surface area contributed by atoms with Crippen LogP contribution in [0.5, 0.6) is 5.75 Å². The van der Waals surface area contributed by atoms with E-state index in [9.17, 15) is 9.59 Å². The molecule has 3 aromatic rings. The van der Waals surface area contributed by atoms with Crippen molar-refractivity contribution in [3.63, 3.8) is 0 Å². The van der Waals surface area contributed by atoms with Crippen molar-refractivity contribution >= 4 is 23.7 Å². The van der Waals surface area contributed by atoms with Crippen molar-refractivity contribution in [3.05, 3.63) is 95.1 Å². The maximum atomic E-state index is 12.4. The Labute approximate surface area is 194 Å². The van der Waals surface area contributed by atoms with Crippen molar-refractivity contribution in [3.8, 4) is 5.75 Å². The molecule has 33 heavy (non-hydrogen) atoms. The summed E-state index contributed by atoms with van der Waals surface area (Å²) in [6.45, 7) is 4.76. The molecule has 0 unspecified atom stereocenters. The summed E-state index contributed by atoms with van der Waals surface area (Å²) in [5.41, 5.74) is 5.94. The predicted octanol–water partition coefficient (Wildman–Crippen LogP) is 5.58. The van der Waals surface area contributed by atoms with Gasteiger partial charge in [0.2, 0.25) is 0 Å². The number of amides is 2. The van der Waals surface area contributed by atoms with Gasteiger partial charge in [0, 0.05) is 16.8 Å². The molecule has 170 valence electrons. The number of carbonyl (C=O) groups excluding carboxylic acids is 2. The molecule has 6 heteroatoms. The number of ether oxygens (including phenoxy) is 1. The number of hydrogen-bond donors (Lipinski definition) is 2. The zero-order valence-electron chi connectivity index (χ0n) is 19.0. The molecule has 0 aliphatic carbocycles. The van der Waals surface area contributed by atoms with Crippen LogP contribution in [0.25, 0.3) is 0 Å². The van der Waals surface area contributed by atoms with Crippen LogP contribution >= 0.6 is 0 Å². The van der Waals surface area contributed by atoms with Crippen LogP contribution in [0.4, 0.5) is 5.69 Å². The van der Waals surface area contributed by atoms with Gasteiger partial charge in [-0.25, -0.2) is 5.43 Å². The Bertz CT molecular complexity index is 1090. The number of anilines is 1. The van der Waals surface area contributed by atoms with E-state index in [1.165, 1.54) is 6.42 Å². The molecule has 0 aliphatic heterocycles. The fourth-order valence-electron chi connectivity index (χ4n) is 3.15. The minimum absolute atomic E-state index is 0.188. The van der Waals surface area contributed by atoms with Crippen LogP contribution in [0.1, 0.15) is 58.0 Å². The molecule has 0 heterocycles.